The zero-order valence-corrected chi connectivity index (χ0v) is 20.7. The molecule has 0 bridgehead atoms. The average molecular weight is 523 g/mol. The van der Waals surface area contributed by atoms with E-state index in [-0.39, 0.29) is 17.2 Å². The summed E-state index contributed by atoms with van der Waals surface area (Å²) in [6.07, 6.45) is 0.683. The number of nitrogens with one attached hydrogen (secondary N) is 1. The van der Waals surface area contributed by atoms with Crippen LogP contribution >= 0.6 is 22.6 Å². The molecular weight excluding hydrogens is 493 g/mol. The lowest BCUT2D eigenvalue weighted by atomic mass is 10.2. The van der Waals surface area contributed by atoms with Gasteiger partial charge in [0.05, 0.1) is 15.9 Å². The number of hydrogen-bond donors (Lipinski definition) is 1. The molecule has 1 fully saturated rings. The zero-order chi connectivity index (χ0) is 21.3. The lowest BCUT2D eigenvalue weighted by Crippen LogP contribution is -2.44. The summed E-state index contributed by atoms with van der Waals surface area (Å²) in [6.45, 7) is 15.0. The van der Waals surface area contributed by atoms with Crippen molar-refractivity contribution in [1.82, 2.24) is 9.55 Å². The van der Waals surface area contributed by atoms with Crippen LogP contribution < -0.4 is 11.2 Å². The molecule has 10 heteroatoms. The van der Waals surface area contributed by atoms with Crippen LogP contribution in [0.5, 0.6) is 0 Å². The highest BCUT2D eigenvalue weighted by Crippen LogP contribution is 2.38. The van der Waals surface area contributed by atoms with Crippen LogP contribution in [0.15, 0.2) is 20.9 Å². The molecule has 1 saturated heterocycles. The van der Waals surface area contributed by atoms with Crippen molar-refractivity contribution >= 4 is 36.6 Å². The molecule has 1 aromatic heterocycles. The van der Waals surface area contributed by atoms with Crippen molar-refractivity contribution < 1.29 is 14.0 Å². The Bertz CT molecular complexity index is 839. The molecule has 0 spiro atoms. The molecule has 1 aliphatic heterocycles. The van der Waals surface area contributed by atoms with Crippen LogP contribution in [0, 0.1) is 3.57 Å². The monoisotopic (exact) mass is 523 g/mol. The Morgan fingerprint density at radius 3 is 2.61 bits per heavy atom. The van der Waals surface area contributed by atoms with Crippen LogP contribution in [0.3, 0.4) is 0 Å². The first kappa shape index (κ1) is 23.3. The number of halogens is 1. The molecule has 1 aliphatic rings. The van der Waals surface area contributed by atoms with E-state index in [4.69, 9.17) is 14.0 Å². The van der Waals surface area contributed by atoms with Crippen LogP contribution in [0.25, 0.3) is 0 Å². The van der Waals surface area contributed by atoms with Gasteiger partial charge in [-0.3, -0.25) is 14.3 Å². The van der Waals surface area contributed by atoms with E-state index in [0.717, 1.165) is 5.71 Å². The molecule has 1 N–H and O–H groups in total. The van der Waals surface area contributed by atoms with E-state index in [1.165, 1.54) is 10.8 Å². The first-order valence-electron chi connectivity index (χ1n) is 9.29. The number of ether oxygens (including phenoxy) is 1. The Morgan fingerprint density at radius 1 is 1.39 bits per heavy atom. The Morgan fingerprint density at radius 2 is 2.04 bits per heavy atom. The maximum Gasteiger partial charge on any atom is 0.330 e. The van der Waals surface area contributed by atoms with E-state index < -0.39 is 25.8 Å². The average Bonchev–Trinajstić information content (AvgIpc) is 2.96. The maximum absolute atomic E-state index is 12.2. The fraction of sp³-hybridized carbons (Fsp3) is 0.722. The van der Waals surface area contributed by atoms with Gasteiger partial charge in [0.25, 0.3) is 5.56 Å². The second kappa shape index (κ2) is 8.80. The lowest BCUT2D eigenvalue weighted by molar-refractivity contribution is -0.0592. The quantitative estimate of drug-likeness (QED) is 0.268. The van der Waals surface area contributed by atoms with Crippen LogP contribution in [0.1, 0.15) is 47.3 Å². The minimum atomic E-state index is -1.96. The number of H-pyrrole nitrogens is 1. The molecule has 3 atom stereocenters. The van der Waals surface area contributed by atoms with Gasteiger partial charge in [0.1, 0.15) is 12.3 Å². The van der Waals surface area contributed by atoms with Crippen LogP contribution in [-0.2, 0) is 14.0 Å². The van der Waals surface area contributed by atoms with Gasteiger partial charge >= 0.3 is 5.69 Å². The van der Waals surface area contributed by atoms with Crippen LogP contribution in [-0.4, -0.2) is 42.4 Å². The zero-order valence-electron chi connectivity index (χ0n) is 17.5. The SMILES string of the molecule is CC(C)=NO[C@@H]1C[C@H](n2cc(I)c(=O)[nH]c2=O)O[C@@H]1CO[Si](C)(C)C(C)(C)C. The first-order chi connectivity index (χ1) is 12.8. The molecule has 0 saturated carbocycles. The van der Waals surface area contributed by atoms with Crippen LogP contribution in [0.2, 0.25) is 18.1 Å². The molecule has 0 aliphatic carbocycles. The van der Waals surface area contributed by atoms with E-state index in [2.05, 4.69) is 44.0 Å². The summed E-state index contributed by atoms with van der Waals surface area (Å²) in [6, 6.07) is 0. The van der Waals surface area contributed by atoms with E-state index in [1.54, 1.807) is 0 Å². The number of rotatable bonds is 6. The summed E-state index contributed by atoms with van der Waals surface area (Å²) in [5, 5.41) is 4.15. The Hall–Kier alpha value is -0.983. The summed E-state index contributed by atoms with van der Waals surface area (Å²) >= 11 is 1.89. The molecule has 8 nitrogen and oxygen atoms in total. The molecule has 0 radical (unpaired) electrons. The minimum Gasteiger partial charge on any atom is -0.414 e. The van der Waals surface area contributed by atoms with Gasteiger partial charge in [-0.25, -0.2) is 4.79 Å². The standard InChI is InChI=1S/C18H30IN3O5Si/c1-11(2)21-27-13-8-15(22-9-12(19)16(23)20-17(22)24)26-14(13)10-25-28(6,7)18(3,4)5/h9,13-15H,8,10H2,1-7H3,(H,20,23,24)/t13-,14-,15-/m1/s1. The minimum absolute atomic E-state index is 0.0749. The van der Waals surface area contributed by atoms with E-state index in [0.29, 0.717) is 16.6 Å². The Kier molecular flexibility index (Phi) is 7.32. The maximum atomic E-state index is 12.2. The van der Waals surface area contributed by atoms with Crippen molar-refractivity contribution in [2.75, 3.05) is 6.61 Å². The number of aromatic amines is 1. The summed E-state index contributed by atoms with van der Waals surface area (Å²) in [4.78, 5) is 31.9. The smallest absolute Gasteiger partial charge is 0.330 e. The number of hydrogen-bond acceptors (Lipinski definition) is 6. The van der Waals surface area contributed by atoms with Gasteiger partial charge in [-0.15, -0.1) is 0 Å². The van der Waals surface area contributed by atoms with Gasteiger partial charge in [0.15, 0.2) is 14.4 Å². The molecule has 0 amide bonds. The van der Waals surface area contributed by atoms with Crippen molar-refractivity contribution in [3.63, 3.8) is 0 Å². The van der Waals surface area contributed by atoms with Gasteiger partial charge < -0.3 is 14.0 Å². The Balaban J connectivity index is 2.23. The number of aromatic nitrogens is 2. The molecule has 2 rings (SSSR count). The number of nitrogens with zero attached hydrogens (tertiary/aromatic N) is 2. The molecule has 0 unspecified atom stereocenters. The third-order valence-corrected chi connectivity index (χ3v) is 10.5. The fourth-order valence-electron chi connectivity index (χ4n) is 2.49. The highest BCUT2D eigenvalue weighted by Gasteiger charge is 2.43. The highest BCUT2D eigenvalue weighted by atomic mass is 127. The van der Waals surface area contributed by atoms with Gasteiger partial charge in [-0.1, -0.05) is 25.9 Å². The molecule has 2 heterocycles. The van der Waals surface area contributed by atoms with Gasteiger partial charge in [-0.05, 0) is 54.6 Å². The van der Waals surface area contributed by atoms with Crippen LogP contribution in [0.4, 0.5) is 0 Å². The second-order valence-corrected chi connectivity index (χ2v) is 14.7. The van der Waals surface area contributed by atoms with Crippen molar-refractivity contribution in [2.45, 2.75) is 77.6 Å². The van der Waals surface area contributed by atoms with Crippen molar-refractivity contribution in [3.8, 4) is 0 Å². The highest BCUT2D eigenvalue weighted by molar-refractivity contribution is 14.1. The first-order valence-corrected chi connectivity index (χ1v) is 13.3. The molecule has 28 heavy (non-hydrogen) atoms. The van der Waals surface area contributed by atoms with Crippen molar-refractivity contribution in [2.24, 2.45) is 5.16 Å². The van der Waals surface area contributed by atoms with E-state index in [9.17, 15) is 9.59 Å². The fourth-order valence-corrected chi connectivity index (χ4v) is 3.94. The van der Waals surface area contributed by atoms with Crippen molar-refractivity contribution in [1.29, 1.82) is 0 Å². The van der Waals surface area contributed by atoms with E-state index in [1.807, 2.05) is 36.4 Å². The summed E-state index contributed by atoms with van der Waals surface area (Å²) in [5.74, 6) is 0. The normalized spacial score (nSPS) is 22.9. The third-order valence-electron chi connectivity index (χ3n) is 5.20. The third kappa shape index (κ3) is 5.54. The molecule has 158 valence electrons. The topological polar surface area (TPSA) is 94.9 Å². The Labute approximate surface area is 179 Å². The van der Waals surface area contributed by atoms with Gasteiger partial charge in [0, 0.05) is 12.6 Å². The van der Waals surface area contributed by atoms with E-state index >= 15 is 0 Å². The summed E-state index contributed by atoms with van der Waals surface area (Å²) < 4.78 is 14.2. The van der Waals surface area contributed by atoms with Gasteiger partial charge in [0.2, 0.25) is 0 Å². The largest absolute Gasteiger partial charge is 0.414 e. The van der Waals surface area contributed by atoms with Crippen molar-refractivity contribution in [3.05, 3.63) is 30.6 Å². The molecular formula is C18H30IN3O5Si. The predicted octanol–water partition coefficient (Wildman–Crippen LogP) is 3.23. The summed E-state index contributed by atoms with van der Waals surface area (Å²) in [7, 11) is -1.96. The summed E-state index contributed by atoms with van der Waals surface area (Å²) in [5.41, 5.74) is -0.116. The lowest BCUT2D eigenvalue weighted by Gasteiger charge is -2.37. The number of oxime groups is 1. The predicted molar refractivity (Wildman–Crippen MR) is 119 cm³/mol. The second-order valence-electron chi connectivity index (χ2n) is 8.76. The van der Waals surface area contributed by atoms with Gasteiger partial charge in [-0.2, -0.15) is 0 Å². The molecule has 1 aromatic rings. The molecule has 0 aromatic carbocycles.